The van der Waals surface area contributed by atoms with Crippen LogP contribution in [0.5, 0.6) is 0 Å². The minimum Gasteiger partial charge on any atom is -0.756 e. The number of rotatable bonds is 92. The summed E-state index contributed by atoms with van der Waals surface area (Å²) in [5.41, 5.74) is 0. The third-order valence-corrected chi connectivity index (χ3v) is 12.9. The lowest BCUT2D eigenvalue weighted by atomic mass is 10.0. The maximum atomic E-state index is 12.8. The van der Waals surface area contributed by atoms with Crippen LogP contribution in [0.4, 0.5) is 0 Å². The van der Waals surface area contributed by atoms with E-state index in [0.29, 0.717) is 19.1 Å². The molecule has 0 spiro atoms. The van der Waals surface area contributed by atoms with Gasteiger partial charge in [0.05, 0.1) is 19.8 Å². The molecule has 0 aliphatic rings. The van der Waals surface area contributed by atoms with Crippen LogP contribution in [0.2, 0.25) is 0 Å². The fourth-order valence-electron chi connectivity index (χ4n) is 7.47. The van der Waals surface area contributed by atoms with Gasteiger partial charge in [0.15, 0.2) is 19.0 Å². The largest absolute Gasteiger partial charge is 0.756 e. The van der Waals surface area contributed by atoms with Gasteiger partial charge in [-0.3, -0.25) is 18.9 Å². The molecular formula is C49H91NO55P-. The minimum absolute atomic E-state index is 0.101. The quantitative estimate of drug-likeness (QED) is 0.0144. The SMILES string of the molecule is CCCCCCCCCCCCCCCCCC(=O)OC[C@H](COP(=O)([O-])OCCNC(=O)COCCOOOOOOOOOOOOOOOOOOOOOOOOOOOOOOOOOOOOOOOOOO/C=C\OCC(=O)O)OC(=O)CCCCCCCCCCCCCCCCC. The predicted molar refractivity (Wildman–Crippen MR) is 296 cm³/mol. The zero-order valence-corrected chi connectivity index (χ0v) is 58.4. The number of nitrogens with one attached hydrogen (secondary N) is 1. The Hall–Kier alpha value is -4.35. The van der Waals surface area contributed by atoms with Gasteiger partial charge in [-0.1, -0.05) is 194 Å². The van der Waals surface area contributed by atoms with Crippen LogP contribution in [-0.2, 0) is 263 Å². The van der Waals surface area contributed by atoms with Crippen molar-refractivity contribution in [3.8, 4) is 0 Å². The number of phosphoric acid groups is 1. The molecule has 0 aromatic heterocycles. The maximum Gasteiger partial charge on any atom is 0.341 e. The normalized spacial score (nSPS) is 12.5. The topological polar surface area (TPSA) is 584 Å². The van der Waals surface area contributed by atoms with E-state index in [-0.39, 0.29) is 32.6 Å². The van der Waals surface area contributed by atoms with Crippen LogP contribution in [-0.4, -0.2) is 87.8 Å². The van der Waals surface area contributed by atoms with E-state index in [9.17, 15) is 28.6 Å². The second-order valence-electron chi connectivity index (χ2n) is 19.8. The third kappa shape index (κ3) is 86.9. The molecule has 0 saturated heterocycles. The Kier molecular flexibility index (Phi) is 82.7. The molecule has 628 valence electrons. The molecule has 0 fully saturated rings. The van der Waals surface area contributed by atoms with Gasteiger partial charge in [0.25, 0.3) is 7.82 Å². The summed E-state index contributed by atoms with van der Waals surface area (Å²) in [5.74, 6) is -3.00. The molecule has 0 aliphatic carbocycles. The van der Waals surface area contributed by atoms with E-state index in [1.54, 1.807) is 0 Å². The standard InChI is InChI=1S/C49H92NO55P/c1-3-5-7-9-11-13-15-17-19-21-23-25-27-29-31-33-48(54)60-41-45(65-49(55)34-32-30-28-26-24-22-20-18-16-14-12-10-8-6-4-2)42-64-106(56,57)63-36-35-50-46(51)43-58-37-39-61-66-68-70-72-74-76-78-80-82-84-86-88-90-92-94-96-98-100-102-104-105-103-101-99-97-95-93-91-89-87-85-83-81-79-77-75-73-71-69-67-62-40-38-59-44-47(52)53/h38,40,45H,3-37,39,41-44H2,1-2H3,(H,50,51)(H,52,53)(H,56,57)/p-1/b40-38-/t45-/m1/s1. The molecule has 2 atom stereocenters. The highest BCUT2D eigenvalue weighted by Crippen LogP contribution is 2.38. The van der Waals surface area contributed by atoms with Crippen molar-refractivity contribution in [2.24, 2.45) is 0 Å². The zero-order chi connectivity index (χ0) is 76.7. The van der Waals surface area contributed by atoms with Crippen LogP contribution in [0, 0.1) is 0 Å². The van der Waals surface area contributed by atoms with Gasteiger partial charge in [-0.05, 0) is 53.1 Å². The Morgan fingerprint density at radius 3 is 1.01 bits per heavy atom. The van der Waals surface area contributed by atoms with E-state index in [4.69, 9.17) is 28.4 Å². The second kappa shape index (κ2) is 86.2. The molecule has 0 radical (unpaired) electrons. The fraction of sp³-hybridized carbons (Fsp3) is 0.878. The molecule has 106 heavy (non-hydrogen) atoms. The number of carboxylic acids is 1. The van der Waals surface area contributed by atoms with Gasteiger partial charge in [0, 0.05) is 181 Å². The Morgan fingerprint density at radius 2 is 0.670 bits per heavy atom. The van der Waals surface area contributed by atoms with Crippen LogP contribution in [0.15, 0.2) is 12.5 Å². The predicted octanol–water partition coefficient (Wildman–Crippen LogP) is 8.38. The molecule has 0 heterocycles. The van der Waals surface area contributed by atoms with E-state index in [0.717, 1.165) is 51.2 Å². The number of hydrogen-bond acceptors (Lipinski definition) is 54. The first-order valence-corrected chi connectivity index (χ1v) is 33.8. The fourth-order valence-corrected chi connectivity index (χ4v) is 8.21. The number of carbonyl (C=O) groups is 4. The van der Waals surface area contributed by atoms with Crippen LogP contribution < -0.4 is 10.2 Å². The Labute approximate surface area is 599 Å². The summed E-state index contributed by atoms with van der Waals surface area (Å²) in [5, 5.41) is 155. The van der Waals surface area contributed by atoms with Gasteiger partial charge in [0.1, 0.15) is 26.1 Å². The third-order valence-electron chi connectivity index (χ3n) is 11.9. The number of carboxylic acid groups (broad SMARTS) is 1. The monoisotopic (exact) mass is 1600 g/mol. The van der Waals surface area contributed by atoms with Crippen molar-refractivity contribution in [3.05, 3.63) is 12.5 Å². The molecule has 1 amide bonds. The summed E-state index contributed by atoms with van der Waals surface area (Å²) < 4.78 is 42.8. The molecule has 0 bridgehead atoms. The highest BCUT2D eigenvalue weighted by molar-refractivity contribution is 7.45. The summed E-state index contributed by atoms with van der Waals surface area (Å²) >= 11 is 0. The van der Waals surface area contributed by atoms with Crippen molar-refractivity contribution in [2.45, 2.75) is 225 Å². The Morgan fingerprint density at radius 1 is 0.358 bits per heavy atom. The van der Waals surface area contributed by atoms with E-state index >= 15 is 0 Å². The molecular weight excluding hydrogens is 1510 g/mol. The lowest BCUT2D eigenvalue weighted by molar-refractivity contribution is -0.909. The summed E-state index contributed by atoms with van der Waals surface area (Å²) in [6.07, 6.45) is 35.7. The highest BCUT2D eigenvalue weighted by Gasteiger charge is 2.22. The lowest BCUT2D eigenvalue weighted by Gasteiger charge is -2.25. The molecule has 2 N–H and O–H groups in total. The van der Waals surface area contributed by atoms with Crippen LogP contribution >= 0.6 is 7.82 Å². The number of unbranched alkanes of at least 4 members (excludes halogenated alkanes) is 28. The molecule has 0 aromatic rings. The van der Waals surface area contributed by atoms with E-state index < -0.39 is 70.8 Å². The molecule has 0 rings (SSSR count). The summed E-state index contributed by atoms with van der Waals surface area (Å²) in [6.45, 7) is 0.816. The Balaban J connectivity index is 3.87. The zero-order valence-electron chi connectivity index (χ0n) is 57.5. The van der Waals surface area contributed by atoms with Crippen molar-refractivity contribution >= 4 is 31.6 Å². The number of carbonyl (C=O) groups excluding carboxylic acids is 3. The molecule has 0 aromatic carbocycles. The lowest BCUT2D eigenvalue weighted by Crippen LogP contribution is -2.32. The number of amides is 1. The van der Waals surface area contributed by atoms with Crippen molar-refractivity contribution in [1.82, 2.24) is 5.32 Å². The van der Waals surface area contributed by atoms with Gasteiger partial charge < -0.3 is 48.2 Å². The first kappa shape index (κ1) is 102. The van der Waals surface area contributed by atoms with Crippen molar-refractivity contribution in [2.75, 3.05) is 52.8 Å². The first-order valence-electron chi connectivity index (χ1n) is 32.3. The van der Waals surface area contributed by atoms with E-state index in [1.165, 1.54) is 135 Å². The number of esters is 2. The van der Waals surface area contributed by atoms with Gasteiger partial charge in [-0.15, -0.1) is 0 Å². The van der Waals surface area contributed by atoms with Crippen LogP contribution in [0.3, 0.4) is 0 Å². The van der Waals surface area contributed by atoms with Crippen molar-refractivity contribution < 1.29 is 273 Å². The van der Waals surface area contributed by atoms with E-state index in [1.807, 2.05) is 0 Å². The van der Waals surface area contributed by atoms with Gasteiger partial charge >= 0.3 is 17.9 Å². The van der Waals surface area contributed by atoms with Gasteiger partial charge in [-0.25, -0.2) is 9.68 Å². The minimum atomic E-state index is -4.99. The van der Waals surface area contributed by atoms with Crippen LogP contribution in [0.1, 0.15) is 219 Å². The molecule has 0 aliphatic heterocycles. The van der Waals surface area contributed by atoms with Crippen molar-refractivity contribution in [1.29, 1.82) is 0 Å². The highest BCUT2D eigenvalue weighted by atomic mass is 31.2. The molecule has 57 heteroatoms. The smallest absolute Gasteiger partial charge is 0.341 e. The number of hydrogen-bond donors (Lipinski definition) is 2. The number of ether oxygens (including phenoxy) is 4. The Bertz CT molecular complexity index is 1940. The van der Waals surface area contributed by atoms with Gasteiger partial charge in [0.2, 0.25) is 5.91 Å². The molecule has 1 unspecified atom stereocenters. The van der Waals surface area contributed by atoms with Crippen molar-refractivity contribution in [3.63, 3.8) is 0 Å². The second-order valence-corrected chi connectivity index (χ2v) is 21.2. The maximum absolute atomic E-state index is 12.8. The number of aliphatic carboxylic acids is 1. The summed E-state index contributed by atoms with van der Waals surface area (Å²) in [4.78, 5) is 68.9. The number of phosphoric ester groups is 1. The average Bonchev–Trinajstić information content (AvgIpc) is 0.922. The van der Waals surface area contributed by atoms with Gasteiger partial charge in [-0.2, -0.15) is 0 Å². The molecule has 56 nitrogen and oxygen atoms in total. The average molecular weight is 1610 g/mol. The van der Waals surface area contributed by atoms with Crippen LogP contribution in [0.25, 0.3) is 0 Å². The summed E-state index contributed by atoms with van der Waals surface area (Å²) in [7, 11) is -4.99. The summed E-state index contributed by atoms with van der Waals surface area (Å²) in [6, 6.07) is 0. The molecule has 0 saturated carbocycles. The van der Waals surface area contributed by atoms with E-state index in [2.05, 4.69) is 235 Å². The first-order chi connectivity index (χ1) is 52.1.